The molecule has 2 N–H and O–H groups in total. The molecule has 2 aromatic rings. The number of carbonyl (C=O) groups excluding carboxylic acids is 1. The van der Waals surface area contributed by atoms with Crippen LogP contribution in [0.25, 0.3) is 0 Å². The maximum atomic E-state index is 12.8. The Labute approximate surface area is 156 Å². The smallest absolute Gasteiger partial charge is 0.225 e. The van der Waals surface area contributed by atoms with Crippen molar-refractivity contribution in [1.82, 2.24) is 20.4 Å². The van der Waals surface area contributed by atoms with Crippen LogP contribution in [0.15, 0.2) is 36.7 Å². The van der Waals surface area contributed by atoms with E-state index in [2.05, 4.69) is 60.8 Å². The first-order valence-corrected chi connectivity index (χ1v) is 9.47. The molecule has 3 rings (SSSR count). The van der Waals surface area contributed by atoms with Gasteiger partial charge in [-0.1, -0.05) is 45.0 Å². The lowest BCUT2D eigenvalue weighted by Gasteiger charge is -2.27. The molecule has 5 heteroatoms. The van der Waals surface area contributed by atoms with Gasteiger partial charge in [-0.25, -0.2) is 0 Å². The third kappa shape index (κ3) is 3.98. The molecule has 1 saturated heterocycles. The summed E-state index contributed by atoms with van der Waals surface area (Å²) in [6.07, 6.45) is 4.93. The molecule has 26 heavy (non-hydrogen) atoms. The quantitative estimate of drug-likeness (QED) is 0.837. The summed E-state index contributed by atoms with van der Waals surface area (Å²) < 4.78 is 1.80. The van der Waals surface area contributed by atoms with E-state index in [0.29, 0.717) is 6.54 Å². The molecule has 5 nitrogen and oxygen atoms in total. The van der Waals surface area contributed by atoms with Gasteiger partial charge in [-0.3, -0.25) is 9.48 Å². The largest absolute Gasteiger partial charge is 0.355 e. The zero-order valence-electron chi connectivity index (χ0n) is 16.2. The second-order valence-corrected chi connectivity index (χ2v) is 7.97. The van der Waals surface area contributed by atoms with Gasteiger partial charge >= 0.3 is 0 Å². The number of benzene rings is 1. The van der Waals surface area contributed by atoms with Crippen molar-refractivity contribution >= 4 is 5.91 Å². The summed E-state index contributed by atoms with van der Waals surface area (Å²) in [5.74, 6) is 0.273. The van der Waals surface area contributed by atoms with Gasteiger partial charge in [0.05, 0.1) is 12.1 Å². The van der Waals surface area contributed by atoms with Gasteiger partial charge < -0.3 is 10.6 Å². The Bertz CT molecular complexity index is 748. The van der Waals surface area contributed by atoms with Crippen molar-refractivity contribution < 1.29 is 4.79 Å². The molecule has 1 aliphatic rings. The fourth-order valence-electron chi connectivity index (χ4n) is 3.67. The van der Waals surface area contributed by atoms with Gasteiger partial charge in [0.15, 0.2) is 0 Å². The second-order valence-electron chi connectivity index (χ2n) is 7.97. The van der Waals surface area contributed by atoms with Crippen LogP contribution in [0.1, 0.15) is 43.4 Å². The number of rotatable bonds is 6. The van der Waals surface area contributed by atoms with Gasteiger partial charge in [0.25, 0.3) is 0 Å². The van der Waals surface area contributed by atoms with E-state index in [4.69, 9.17) is 0 Å². The highest BCUT2D eigenvalue weighted by Gasteiger charge is 2.35. The molecule has 0 aliphatic carbocycles. The van der Waals surface area contributed by atoms with E-state index in [0.717, 1.165) is 25.1 Å². The lowest BCUT2D eigenvalue weighted by molar-refractivity contribution is -0.125. The van der Waals surface area contributed by atoms with Crippen LogP contribution in [0.3, 0.4) is 0 Å². The number of hydrogen-bond donors (Lipinski definition) is 2. The van der Waals surface area contributed by atoms with Crippen molar-refractivity contribution in [3.8, 4) is 0 Å². The Balaban J connectivity index is 1.63. The zero-order valence-corrected chi connectivity index (χ0v) is 16.2. The Morgan fingerprint density at radius 1 is 1.31 bits per heavy atom. The van der Waals surface area contributed by atoms with Crippen LogP contribution in [0.2, 0.25) is 0 Å². The van der Waals surface area contributed by atoms with Gasteiger partial charge in [0, 0.05) is 44.2 Å². The minimum atomic E-state index is -0.0994. The molecule has 1 fully saturated rings. The third-order valence-corrected chi connectivity index (χ3v) is 5.55. The van der Waals surface area contributed by atoms with Crippen LogP contribution in [0.4, 0.5) is 0 Å². The highest BCUT2D eigenvalue weighted by molar-refractivity contribution is 5.80. The van der Waals surface area contributed by atoms with E-state index < -0.39 is 0 Å². The standard InChI is InChI=1S/C21H30N4O/c1-5-15-6-8-17(9-7-15)21(2,3)14-23-20(26)19-12-22-11-18(19)16-10-24-25(4)13-16/h6-10,13,18-19,22H,5,11-12,14H2,1-4H3,(H,23,26)/t18-,19+/m1/s1. The molecule has 140 valence electrons. The van der Waals surface area contributed by atoms with E-state index in [1.807, 2.05) is 19.4 Å². The summed E-state index contributed by atoms with van der Waals surface area (Å²) >= 11 is 0. The molecule has 0 saturated carbocycles. The van der Waals surface area contributed by atoms with E-state index >= 15 is 0 Å². The summed E-state index contributed by atoms with van der Waals surface area (Å²) in [7, 11) is 1.91. The molecule has 0 spiro atoms. The highest BCUT2D eigenvalue weighted by Crippen LogP contribution is 2.28. The maximum Gasteiger partial charge on any atom is 0.225 e. The number of carbonyl (C=O) groups is 1. The summed E-state index contributed by atoms with van der Waals surface area (Å²) in [5, 5.41) is 10.8. The second kappa shape index (κ2) is 7.62. The summed E-state index contributed by atoms with van der Waals surface area (Å²) in [6, 6.07) is 8.72. The van der Waals surface area contributed by atoms with Gasteiger partial charge in [-0.15, -0.1) is 0 Å². The van der Waals surface area contributed by atoms with Crippen molar-refractivity contribution in [2.75, 3.05) is 19.6 Å². The molecule has 0 unspecified atom stereocenters. The minimum absolute atomic E-state index is 0.0440. The monoisotopic (exact) mass is 354 g/mol. The van der Waals surface area contributed by atoms with E-state index in [1.54, 1.807) is 4.68 Å². The number of aromatic nitrogens is 2. The predicted molar refractivity (Wildman–Crippen MR) is 104 cm³/mol. The van der Waals surface area contributed by atoms with Crippen molar-refractivity contribution in [3.63, 3.8) is 0 Å². The maximum absolute atomic E-state index is 12.8. The van der Waals surface area contributed by atoms with E-state index in [9.17, 15) is 4.79 Å². The average molecular weight is 354 g/mol. The van der Waals surface area contributed by atoms with Crippen LogP contribution < -0.4 is 10.6 Å². The SMILES string of the molecule is CCc1ccc(C(C)(C)CNC(=O)[C@H]2CNC[C@@H]2c2cnn(C)c2)cc1. The van der Waals surface area contributed by atoms with Crippen LogP contribution in [-0.4, -0.2) is 35.3 Å². The Morgan fingerprint density at radius 3 is 2.65 bits per heavy atom. The van der Waals surface area contributed by atoms with Gasteiger partial charge in [0.2, 0.25) is 5.91 Å². The number of nitrogens with one attached hydrogen (secondary N) is 2. The molecule has 0 radical (unpaired) electrons. The molecule has 1 amide bonds. The fraction of sp³-hybridized carbons (Fsp3) is 0.524. The first kappa shape index (κ1) is 18.6. The van der Waals surface area contributed by atoms with Gasteiger partial charge in [-0.2, -0.15) is 5.10 Å². The summed E-state index contributed by atoms with van der Waals surface area (Å²) in [4.78, 5) is 12.8. The first-order valence-electron chi connectivity index (χ1n) is 9.47. The van der Waals surface area contributed by atoms with Crippen LogP contribution in [0.5, 0.6) is 0 Å². The van der Waals surface area contributed by atoms with Crippen LogP contribution >= 0.6 is 0 Å². The number of nitrogens with zero attached hydrogens (tertiary/aromatic N) is 2. The Kier molecular flexibility index (Phi) is 5.47. The molecule has 1 aliphatic heterocycles. The minimum Gasteiger partial charge on any atom is -0.355 e. The molecule has 2 heterocycles. The molecule has 0 bridgehead atoms. The van der Waals surface area contributed by atoms with Crippen LogP contribution in [-0.2, 0) is 23.7 Å². The summed E-state index contributed by atoms with van der Waals surface area (Å²) in [6.45, 7) is 8.70. The molecular weight excluding hydrogens is 324 g/mol. The lowest BCUT2D eigenvalue weighted by Crippen LogP contribution is -2.41. The van der Waals surface area contributed by atoms with Gasteiger partial charge in [-0.05, 0) is 23.1 Å². The highest BCUT2D eigenvalue weighted by atomic mass is 16.1. The molecule has 2 atom stereocenters. The van der Waals surface area contributed by atoms with Crippen molar-refractivity contribution in [3.05, 3.63) is 53.3 Å². The topological polar surface area (TPSA) is 59.0 Å². The Hall–Kier alpha value is -2.14. The zero-order chi connectivity index (χ0) is 18.7. The molecule has 1 aromatic carbocycles. The van der Waals surface area contributed by atoms with Crippen molar-refractivity contribution in [2.24, 2.45) is 13.0 Å². The Morgan fingerprint density at radius 2 is 2.04 bits per heavy atom. The predicted octanol–water partition coefficient (Wildman–Crippen LogP) is 2.38. The number of aryl methyl sites for hydroxylation is 2. The fourth-order valence-corrected chi connectivity index (χ4v) is 3.67. The number of hydrogen-bond acceptors (Lipinski definition) is 3. The van der Waals surface area contributed by atoms with E-state index in [1.165, 1.54) is 11.1 Å². The number of amides is 1. The van der Waals surface area contributed by atoms with Gasteiger partial charge in [0.1, 0.15) is 0 Å². The normalized spacial score (nSPS) is 20.3. The van der Waals surface area contributed by atoms with Crippen molar-refractivity contribution in [2.45, 2.75) is 38.5 Å². The lowest BCUT2D eigenvalue weighted by atomic mass is 9.83. The first-order chi connectivity index (χ1) is 12.4. The van der Waals surface area contributed by atoms with E-state index in [-0.39, 0.29) is 23.2 Å². The molecule has 1 aromatic heterocycles. The third-order valence-electron chi connectivity index (χ3n) is 5.55. The van der Waals surface area contributed by atoms with Crippen molar-refractivity contribution in [1.29, 1.82) is 0 Å². The average Bonchev–Trinajstić information content (AvgIpc) is 3.28. The van der Waals surface area contributed by atoms with Crippen LogP contribution in [0, 0.1) is 5.92 Å². The summed E-state index contributed by atoms with van der Waals surface area (Å²) in [5.41, 5.74) is 3.62. The molecular formula is C21H30N4O.